The Kier molecular flexibility index (Phi) is 4.10. The molecule has 0 heterocycles. The zero-order valence-electron chi connectivity index (χ0n) is 10.3. The van der Waals surface area contributed by atoms with E-state index < -0.39 is 0 Å². The standard InChI is InChI=1S/C14H20BrNO/c1-9(8-16)13-11-6-4-2-3-5-10(11)7-12(15)14(13)17/h7,9,17H,2-6,8,16H2,1H3. The van der Waals surface area contributed by atoms with Gasteiger partial charge in [-0.05, 0) is 71.3 Å². The second-order valence-corrected chi connectivity index (χ2v) is 5.81. The average Bonchev–Trinajstić information content (AvgIpc) is 2.55. The Balaban J connectivity index is 2.57. The summed E-state index contributed by atoms with van der Waals surface area (Å²) in [6.45, 7) is 2.67. The molecule has 0 radical (unpaired) electrons. The molecule has 1 atom stereocenters. The SMILES string of the molecule is CC(CN)c1c(O)c(Br)cc2c1CCCCC2. The molecule has 1 aromatic rings. The molecule has 3 heteroatoms. The number of phenols is 1. The van der Waals surface area contributed by atoms with E-state index in [1.807, 2.05) is 0 Å². The summed E-state index contributed by atoms with van der Waals surface area (Å²) in [5.41, 5.74) is 9.58. The molecule has 2 rings (SSSR count). The fourth-order valence-electron chi connectivity index (χ4n) is 2.71. The van der Waals surface area contributed by atoms with E-state index in [1.165, 1.54) is 30.4 Å². The molecular weight excluding hydrogens is 278 g/mol. The van der Waals surface area contributed by atoms with Crippen molar-refractivity contribution >= 4 is 15.9 Å². The van der Waals surface area contributed by atoms with Crippen molar-refractivity contribution in [2.75, 3.05) is 6.54 Å². The molecule has 1 aliphatic rings. The van der Waals surface area contributed by atoms with Gasteiger partial charge in [0.1, 0.15) is 5.75 Å². The Labute approximate surface area is 111 Å². The van der Waals surface area contributed by atoms with Crippen molar-refractivity contribution in [2.24, 2.45) is 5.73 Å². The molecule has 0 saturated carbocycles. The Hall–Kier alpha value is -0.540. The first-order chi connectivity index (χ1) is 8.15. The van der Waals surface area contributed by atoms with Gasteiger partial charge in [-0.3, -0.25) is 0 Å². The molecule has 0 aliphatic heterocycles. The molecule has 0 aromatic heterocycles. The van der Waals surface area contributed by atoms with Gasteiger partial charge in [0.15, 0.2) is 0 Å². The molecule has 0 bridgehead atoms. The first kappa shape index (κ1) is 12.9. The van der Waals surface area contributed by atoms with Gasteiger partial charge in [-0.25, -0.2) is 0 Å². The lowest BCUT2D eigenvalue weighted by molar-refractivity contribution is 0.458. The maximum absolute atomic E-state index is 10.2. The largest absolute Gasteiger partial charge is 0.506 e. The third-order valence-corrected chi connectivity index (χ3v) is 4.32. The van der Waals surface area contributed by atoms with Gasteiger partial charge in [0.05, 0.1) is 4.47 Å². The number of benzene rings is 1. The molecule has 1 aromatic carbocycles. The summed E-state index contributed by atoms with van der Waals surface area (Å²) < 4.78 is 0.813. The Morgan fingerprint density at radius 1 is 1.35 bits per heavy atom. The van der Waals surface area contributed by atoms with Gasteiger partial charge in [-0.15, -0.1) is 0 Å². The predicted molar refractivity (Wildman–Crippen MR) is 74.5 cm³/mol. The second-order valence-electron chi connectivity index (χ2n) is 4.96. The van der Waals surface area contributed by atoms with Crippen LogP contribution in [-0.2, 0) is 12.8 Å². The molecule has 3 N–H and O–H groups in total. The first-order valence-corrected chi connectivity index (χ1v) is 7.17. The molecule has 1 aliphatic carbocycles. The van der Waals surface area contributed by atoms with Crippen LogP contribution in [0.4, 0.5) is 0 Å². The Morgan fingerprint density at radius 2 is 2.06 bits per heavy atom. The van der Waals surface area contributed by atoms with Crippen LogP contribution in [0.15, 0.2) is 10.5 Å². The van der Waals surface area contributed by atoms with Gasteiger partial charge in [0.2, 0.25) is 0 Å². The van der Waals surface area contributed by atoms with Gasteiger partial charge in [0.25, 0.3) is 0 Å². The van der Waals surface area contributed by atoms with E-state index in [2.05, 4.69) is 28.9 Å². The number of nitrogens with two attached hydrogens (primary N) is 1. The summed E-state index contributed by atoms with van der Waals surface area (Å²) in [6, 6.07) is 2.09. The lowest BCUT2D eigenvalue weighted by Crippen LogP contribution is -2.12. The van der Waals surface area contributed by atoms with Crippen molar-refractivity contribution in [2.45, 2.75) is 44.9 Å². The van der Waals surface area contributed by atoms with E-state index in [1.54, 1.807) is 0 Å². The van der Waals surface area contributed by atoms with E-state index in [-0.39, 0.29) is 5.92 Å². The average molecular weight is 298 g/mol. The minimum atomic E-state index is 0.222. The number of hydrogen-bond donors (Lipinski definition) is 2. The highest BCUT2D eigenvalue weighted by Gasteiger charge is 2.21. The van der Waals surface area contributed by atoms with Crippen molar-refractivity contribution in [3.8, 4) is 5.75 Å². The third kappa shape index (κ3) is 2.50. The van der Waals surface area contributed by atoms with Crippen molar-refractivity contribution in [1.29, 1.82) is 0 Å². The van der Waals surface area contributed by atoms with Crippen LogP contribution in [0.1, 0.15) is 48.8 Å². The third-order valence-electron chi connectivity index (χ3n) is 3.71. The zero-order chi connectivity index (χ0) is 12.4. The molecule has 17 heavy (non-hydrogen) atoms. The lowest BCUT2D eigenvalue weighted by Gasteiger charge is -2.20. The zero-order valence-corrected chi connectivity index (χ0v) is 11.9. The van der Waals surface area contributed by atoms with Crippen molar-refractivity contribution in [3.63, 3.8) is 0 Å². The van der Waals surface area contributed by atoms with Crippen molar-refractivity contribution in [3.05, 3.63) is 27.2 Å². The van der Waals surface area contributed by atoms with Crippen molar-refractivity contribution in [1.82, 2.24) is 0 Å². The molecule has 2 nitrogen and oxygen atoms in total. The highest BCUT2D eigenvalue weighted by atomic mass is 79.9. The van der Waals surface area contributed by atoms with E-state index >= 15 is 0 Å². The quantitative estimate of drug-likeness (QED) is 0.821. The highest BCUT2D eigenvalue weighted by molar-refractivity contribution is 9.10. The molecule has 0 amide bonds. The number of aryl methyl sites for hydroxylation is 1. The minimum absolute atomic E-state index is 0.222. The maximum atomic E-state index is 10.2. The van der Waals surface area contributed by atoms with Gasteiger partial charge < -0.3 is 10.8 Å². The number of fused-ring (bicyclic) bond motifs is 1. The summed E-state index contributed by atoms with van der Waals surface area (Å²) in [7, 11) is 0. The maximum Gasteiger partial charge on any atom is 0.133 e. The molecule has 0 fully saturated rings. The lowest BCUT2D eigenvalue weighted by atomic mass is 9.89. The summed E-state index contributed by atoms with van der Waals surface area (Å²) in [6.07, 6.45) is 5.96. The van der Waals surface area contributed by atoms with Crippen LogP contribution in [0.5, 0.6) is 5.75 Å². The van der Waals surface area contributed by atoms with Gasteiger partial charge in [-0.1, -0.05) is 13.3 Å². The van der Waals surface area contributed by atoms with E-state index in [0.29, 0.717) is 12.3 Å². The minimum Gasteiger partial charge on any atom is -0.506 e. The van der Waals surface area contributed by atoms with Gasteiger partial charge >= 0.3 is 0 Å². The number of hydrogen-bond acceptors (Lipinski definition) is 2. The van der Waals surface area contributed by atoms with Crippen LogP contribution in [0.25, 0.3) is 0 Å². The number of aromatic hydroxyl groups is 1. The Bertz CT molecular complexity index is 417. The molecular formula is C14H20BrNO. The molecule has 1 unspecified atom stereocenters. The summed E-state index contributed by atoms with van der Waals surface area (Å²) in [4.78, 5) is 0. The van der Waals surface area contributed by atoms with Crippen LogP contribution >= 0.6 is 15.9 Å². The first-order valence-electron chi connectivity index (χ1n) is 6.38. The van der Waals surface area contributed by atoms with Gasteiger partial charge in [0, 0.05) is 5.56 Å². The molecule has 0 saturated heterocycles. The number of rotatable bonds is 2. The van der Waals surface area contributed by atoms with Crippen LogP contribution in [-0.4, -0.2) is 11.7 Å². The van der Waals surface area contributed by atoms with Crippen LogP contribution < -0.4 is 5.73 Å². The topological polar surface area (TPSA) is 46.2 Å². The second kappa shape index (κ2) is 5.40. The normalized spacial score (nSPS) is 17.4. The summed E-state index contributed by atoms with van der Waals surface area (Å²) in [5, 5.41) is 10.2. The molecule has 0 spiro atoms. The number of halogens is 1. The summed E-state index contributed by atoms with van der Waals surface area (Å²) in [5.74, 6) is 0.614. The van der Waals surface area contributed by atoms with Crippen LogP contribution in [0.3, 0.4) is 0 Å². The highest BCUT2D eigenvalue weighted by Crippen LogP contribution is 2.39. The van der Waals surface area contributed by atoms with Crippen molar-refractivity contribution < 1.29 is 5.11 Å². The van der Waals surface area contributed by atoms with Gasteiger partial charge in [-0.2, -0.15) is 0 Å². The fraction of sp³-hybridized carbons (Fsp3) is 0.571. The smallest absolute Gasteiger partial charge is 0.133 e. The summed E-state index contributed by atoms with van der Waals surface area (Å²) >= 11 is 3.46. The van der Waals surface area contributed by atoms with E-state index in [0.717, 1.165) is 22.9 Å². The van der Waals surface area contributed by atoms with Crippen LogP contribution in [0.2, 0.25) is 0 Å². The fourth-order valence-corrected chi connectivity index (χ4v) is 3.20. The Morgan fingerprint density at radius 3 is 2.76 bits per heavy atom. The number of phenolic OH excluding ortho intramolecular Hbond substituents is 1. The molecule has 94 valence electrons. The van der Waals surface area contributed by atoms with E-state index in [9.17, 15) is 5.11 Å². The monoisotopic (exact) mass is 297 g/mol. The van der Waals surface area contributed by atoms with Crippen LogP contribution in [0, 0.1) is 0 Å². The predicted octanol–water partition coefficient (Wildman–Crippen LogP) is 3.49. The van der Waals surface area contributed by atoms with E-state index in [4.69, 9.17) is 5.73 Å².